The minimum absolute atomic E-state index is 0. The van der Waals surface area contributed by atoms with Crippen LogP contribution in [0.25, 0.3) is 0 Å². The molecule has 10 heteroatoms. The second kappa shape index (κ2) is 12.8. The molecule has 0 N–H and O–H groups in total. The molecule has 1 saturated carbocycles. The van der Waals surface area contributed by atoms with Crippen LogP contribution in [-0.2, 0) is 0 Å². The number of thiol groups is 4. The van der Waals surface area contributed by atoms with Gasteiger partial charge in [-0.25, -0.2) is 12.6 Å². The van der Waals surface area contributed by atoms with Gasteiger partial charge >= 0.3 is 0 Å². The van der Waals surface area contributed by atoms with Crippen LogP contribution in [0.4, 0.5) is 0 Å². The average molecular weight is 759 g/mol. The monoisotopic (exact) mass is 758 g/mol. The minimum Gasteiger partial charge on any atom is -0.390 e. The van der Waals surface area contributed by atoms with E-state index in [4.69, 9.17) is 21.0 Å². The van der Waals surface area contributed by atoms with E-state index in [1.807, 2.05) is 6.07 Å². The van der Waals surface area contributed by atoms with Gasteiger partial charge in [0.1, 0.15) is 0 Å². The summed E-state index contributed by atoms with van der Waals surface area (Å²) in [5.74, 6) is 4.11. The Morgan fingerprint density at radius 2 is 1.57 bits per heavy atom. The van der Waals surface area contributed by atoms with Crippen molar-refractivity contribution in [3.63, 3.8) is 0 Å². The summed E-state index contributed by atoms with van der Waals surface area (Å²) < 4.78 is 14.1. The van der Waals surface area contributed by atoms with E-state index in [0.717, 1.165) is 64.0 Å². The Morgan fingerprint density at radius 3 is 2.22 bits per heavy atom. The van der Waals surface area contributed by atoms with E-state index in [1.165, 1.54) is 36.8 Å². The predicted octanol–water partition coefficient (Wildman–Crippen LogP) is 8.68. The summed E-state index contributed by atoms with van der Waals surface area (Å²) >= 11 is 18.5. The van der Waals surface area contributed by atoms with Crippen LogP contribution in [0.15, 0.2) is 34.1 Å². The van der Waals surface area contributed by atoms with Crippen LogP contribution >= 0.6 is 78.2 Å². The van der Waals surface area contributed by atoms with Crippen molar-refractivity contribution in [2.24, 2.45) is 0 Å². The molecular weight excluding hydrogens is 726 g/mol. The van der Waals surface area contributed by atoms with E-state index < -0.39 is 8.65 Å². The molecule has 3 heterocycles. The Morgan fingerprint density at radius 1 is 0.919 bits per heavy atom. The minimum atomic E-state index is -1.83. The van der Waals surface area contributed by atoms with Gasteiger partial charge in [0.2, 0.25) is 0 Å². The van der Waals surface area contributed by atoms with E-state index in [1.54, 1.807) is 0 Å². The van der Waals surface area contributed by atoms with Crippen LogP contribution in [0.2, 0.25) is 0 Å². The summed E-state index contributed by atoms with van der Waals surface area (Å²) in [5, 5.41) is 6.30. The maximum atomic E-state index is 7.14. The normalized spacial score (nSPS) is 30.4. The zero-order chi connectivity index (χ0) is 24.9. The van der Waals surface area contributed by atoms with Gasteiger partial charge in [0.05, 0.1) is 10.6 Å². The first-order valence-corrected chi connectivity index (χ1v) is 20.1. The quantitative estimate of drug-likeness (QED) is 0.0982. The van der Waals surface area contributed by atoms with Crippen molar-refractivity contribution in [3.05, 3.63) is 47.0 Å². The van der Waals surface area contributed by atoms with Crippen molar-refractivity contribution in [1.29, 1.82) is 0 Å². The molecule has 2 aromatic rings. The number of hydrogen-bond donors (Lipinski definition) is 4. The second-order valence-electron chi connectivity index (χ2n) is 9.86. The Balaban J connectivity index is 0.00000280. The topological polar surface area (TPSA) is 18.5 Å². The molecule has 201 valence electrons. The molecule has 0 aromatic heterocycles. The van der Waals surface area contributed by atoms with Gasteiger partial charge in [0, 0.05) is 56.5 Å². The summed E-state index contributed by atoms with van der Waals surface area (Å²) in [5.41, 5.74) is 3.73. The van der Waals surface area contributed by atoms with Gasteiger partial charge < -0.3 is 8.37 Å². The van der Waals surface area contributed by atoms with Crippen LogP contribution in [0.1, 0.15) is 74.0 Å². The Hall–Kier alpha value is 1.57. The van der Waals surface area contributed by atoms with Gasteiger partial charge in [0.25, 0.3) is 0 Å². The molecule has 1 aliphatic carbocycles. The molecule has 1 radical (unpaired) electrons. The van der Waals surface area contributed by atoms with Gasteiger partial charge in [-0.2, -0.15) is 31.3 Å². The van der Waals surface area contributed by atoms with E-state index in [-0.39, 0.29) is 59.4 Å². The first kappa shape index (κ1) is 30.0. The third-order valence-electron chi connectivity index (χ3n) is 7.50. The van der Waals surface area contributed by atoms with Gasteiger partial charge in [-0.05, 0) is 97.2 Å². The molecule has 2 aromatic carbocycles. The fourth-order valence-electron chi connectivity index (χ4n) is 5.78. The molecule has 37 heavy (non-hydrogen) atoms. The molecule has 1 saturated heterocycles. The Kier molecular flexibility index (Phi) is 10.4. The average Bonchev–Trinajstić information content (AvgIpc) is 3.15. The van der Waals surface area contributed by atoms with Crippen molar-refractivity contribution in [3.8, 4) is 11.5 Å². The summed E-state index contributed by atoms with van der Waals surface area (Å²) in [6, 6.07) is 12.0. The van der Waals surface area contributed by atoms with Gasteiger partial charge in [-0.3, -0.25) is 0 Å². The van der Waals surface area contributed by atoms with Gasteiger partial charge in [-0.15, -0.1) is 29.7 Å². The van der Waals surface area contributed by atoms with Crippen molar-refractivity contribution in [2.75, 3.05) is 11.5 Å². The standard InChI is InChI=1S/C27H33O2S7.Pm/c30-11-3-5-18(6-4-12-31)19-13-21-17-35-26-8-2-1-7-25(26)34-16-20-14-22(32)9-10-23(20)28-36(34,35)29-27(21)24(33)15-19;/h9,13-18,25-26,30-33H,1-8,11-12H2;/q-1;. The molecule has 5 atom stereocenters. The molecular formula is C27H33O2PmS7-. The van der Waals surface area contributed by atoms with Crippen molar-refractivity contribution < 1.29 is 48.8 Å². The smallest absolute Gasteiger partial charge is 0.175 e. The first-order chi connectivity index (χ1) is 17.5. The molecule has 6 rings (SSSR count). The zero-order valence-corrected chi connectivity index (χ0v) is 29.4. The molecule has 3 aliphatic heterocycles. The van der Waals surface area contributed by atoms with Crippen molar-refractivity contribution in [1.82, 2.24) is 0 Å². The van der Waals surface area contributed by atoms with Crippen LogP contribution in [0.3, 0.4) is 0 Å². The number of fused-ring (bicyclic) bond motifs is 5. The van der Waals surface area contributed by atoms with Crippen LogP contribution in [0.5, 0.6) is 11.5 Å². The Labute approximate surface area is 281 Å². The van der Waals surface area contributed by atoms with E-state index in [9.17, 15) is 0 Å². The van der Waals surface area contributed by atoms with E-state index in [2.05, 4.69) is 72.9 Å². The summed E-state index contributed by atoms with van der Waals surface area (Å²) in [6.45, 7) is 0. The third kappa shape index (κ3) is 5.67. The van der Waals surface area contributed by atoms with Crippen LogP contribution < -0.4 is 8.37 Å². The van der Waals surface area contributed by atoms with Crippen molar-refractivity contribution >= 4 is 88.9 Å². The molecule has 0 bridgehead atoms. The fourth-order valence-corrected chi connectivity index (χ4v) is 23.8. The molecule has 0 amide bonds. The van der Waals surface area contributed by atoms with E-state index >= 15 is 0 Å². The van der Waals surface area contributed by atoms with Gasteiger partial charge in [-0.1, -0.05) is 33.3 Å². The third-order valence-corrected chi connectivity index (χ3v) is 22.4. The molecule has 4 aliphatic rings. The first-order valence-electron chi connectivity index (χ1n) is 12.7. The van der Waals surface area contributed by atoms with Gasteiger partial charge in [0.15, 0.2) is 5.75 Å². The predicted molar refractivity (Wildman–Crippen MR) is 176 cm³/mol. The summed E-state index contributed by atoms with van der Waals surface area (Å²) in [6.07, 6.45) is 9.71. The SMILES string of the molecule is SCCCC(CCCS)c1cc(S)c2c(c1)C=S1C3CCCCC3S3=Cc4cc(S)c[c-]c4OS31O2.[Pm]. The molecule has 1 spiro atoms. The summed E-state index contributed by atoms with van der Waals surface area (Å²) in [4.78, 5) is 1.87. The van der Waals surface area contributed by atoms with Crippen molar-refractivity contribution in [2.45, 2.75) is 77.6 Å². The largest absolute Gasteiger partial charge is 0.390 e. The maximum Gasteiger partial charge on any atom is 0.175 e. The molecule has 2 fully saturated rings. The van der Waals surface area contributed by atoms with Crippen LogP contribution in [-0.4, -0.2) is 32.7 Å². The molecule has 2 nitrogen and oxygen atoms in total. The second-order valence-corrected chi connectivity index (χ2v) is 21.5. The zero-order valence-electron chi connectivity index (χ0n) is 20.5. The summed E-state index contributed by atoms with van der Waals surface area (Å²) in [7, 11) is -1.95. The maximum absolute atomic E-state index is 7.14. The Bertz CT molecular complexity index is 1240. The molecule has 5 unspecified atom stereocenters. The fraction of sp³-hybridized carbons (Fsp3) is 0.481. The number of benzene rings is 2. The number of rotatable bonds is 7. The van der Waals surface area contributed by atoms with E-state index in [0.29, 0.717) is 16.4 Å². The number of hydrogen-bond acceptors (Lipinski definition) is 6. The van der Waals surface area contributed by atoms with Crippen LogP contribution in [0, 0.1) is 46.5 Å².